The number of halogens is 1. The van der Waals surface area contributed by atoms with Crippen LogP contribution in [0.4, 0.5) is 10.1 Å². The number of hydrogen-bond donors (Lipinski definition) is 1. The van der Waals surface area contributed by atoms with Crippen LogP contribution in [-0.2, 0) is 23.0 Å². The summed E-state index contributed by atoms with van der Waals surface area (Å²) in [7, 11) is -3.78. The van der Waals surface area contributed by atoms with Crippen LogP contribution in [0, 0.1) is 19.7 Å². The molecule has 2 heterocycles. The summed E-state index contributed by atoms with van der Waals surface area (Å²) in [6, 6.07) is 13.0. The van der Waals surface area contributed by atoms with E-state index < -0.39 is 16.1 Å². The highest BCUT2D eigenvalue weighted by Crippen LogP contribution is 2.34. The van der Waals surface area contributed by atoms with Gasteiger partial charge in [-0.15, -0.1) is 0 Å². The molecule has 1 aliphatic heterocycles. The lowest BCUT2D eigenvalue weighted by molar-refractivity contribution is 0.150. The first-order chi connectivity index (χ1) is 13.8. The minimum absolute atomic E-state index is 0.0738. The molecule has 152 valence electrons. The predicted molar refractivity (Wildman–Crippen MR) is 108 cm³/mol. The van der Waals surface area contributed by atoms with Crippen LogP contribution in [0.15, 0.2) is 53.4 Å². The Morgan fingerprint density at radius 1 is 1.14 bits per heavy atom. The predicted octanol–water partition coefficient (Wildman–Crippen LogP) is 3.12. The van der Waals surface area contributed by atoms with Gasteiger partial charge < -0.3 is 5.11 Å². The molecule has 3 aromatic rings. The minimum atomic E-state index is -3.78. The van der Waals surface area contributed by atoms with Crippen LogP contribution in [-0.4, -0.2) is 29.8 Å². The van der Waals surface area contributed by atoms with Gasteiger partial charge in [-0.25, -0.2) is 12.8 Å². The number of aliphatic hydroxyl groups is 1. The van der Waals surface area contributed by atoms with Crippen molar-refractivity contribution in [3.63, 3.8) is 0 Å². The van der Waals surface area contributed by atoms with E-state index in [0.717, 1.165) is 5.56 Å². The Morgan fingerprint density at radius 3 is 2.55 bits per heavy atom. The second-order valence-electron chi connectivity index (χ2n) is 7.21. The second-order valence-corrected chi connectivity index (χ2v) is 9.00. The van der Waals surface area contributed by atoms with Gasteiger partial charge in [0, 0.05) is 6.54 Å². The van der Waals surface area contributed by atoms with Crippen molar-refractivity contribution in [2.24, 2.45) is 0 Å². The summed E-state index contributed by atoms with van der Waals surface area (Å²) in [5.74, 6) is -0.383. The molecule has 29 heavy (non-hydrogen) atoms. The Morgan fingerprint density at radius 2 is 1.83 bits per heavy atom. The fourth-order valence-electron chi connectivity index (χ4n) is 3.85. The standard InChI is InChI=1S/C21H22FN3O3S/c1-14-21(29(27,28)25-12-11-16-5-3-4-6-19(16)25)15(2)24(23-14)13-20(26)17-7-9-18(22)10-8-17/h3-10,20,26H,11-13H2,1-2H3/t20-/m1/s1. The zero-order valence-electron chi connectivity index (χ0n) is 16.2. The first kappa shape index (κ1) is 19.6. The number of fused-ring (bicyclic) bond motifs is 1. The van der Waals surface area contributed by atoms with Crippen molar-refractivity contribution in [1.82, 2.24) is 9.78 Å². The average Bonchev–Trinajstić information content (AvgIpc) is 3.24. The number of rotatable bonds is 5. The molecular weight excluding hydrogens is 393 g/mol. The molecule has 1 aromatic heterocycles. The number of anilines is 1. The highest BCUT2D eigenvalue weighted by molar-refractivity contribution is 7.93. The zero-order valence-corrected chi connectivity index (χ0v) is 17.0. The van der Waals surface area contributed by atoms with Gasteiger partial charge >= 0.3 is 0 Å². The van der Waals surface area contributed by atoms with Crippen molar-refractivity contribution >= 4 is 15.7 Å². The third-order valence-corrected chi connectivity index (χ3v) is 7.37. The maximum Gasteiger partial charge on any atom is 0.268 e. The van der Waals surface area contributed by atoms with Crippen molar-refractivity contribution in [2.45, 2.75) is 37.8 Å². The molecule has 0 bridgehead atoms. The number of aromatic nitrogens is 2. The number of nitrogens with zero attached hydrogens (tertiary/aromatic N) is 3. The van der Waals surface area contributed by atoms with Crippen molar-refractivity contribution in [1.29, 1.82) is 0 Å². The van der Waals surface area contributed by atoms with Gasteiger partial charge in [0.1, 0.15) is 10.7 Å². The highest BCUT2D eigenvalue weighted by Gasteiger charge is 2.35. The molecule has 0 aliphatic carbocycles. The molecule has 0 amide bonds. The van der Waals surface area contributed by atoms with Crippen LogP contribution in [0.3, 0.4) is 0 Å². The number of aryl methyl sites for hydroxylation is 1. The molecule has 0 saturated carbocycles. The highest BCUT2D eigenvalue weighted by atomic mass is 32.2. The monoisotopic (exact) mass is 415 g/mol. The number of sulfonamides is 1. The molecule has 0 fully saturated rings. The summed E-state index contributed by atoms with van der Waals surface area (Å²) in [5.41, 5.74) is 3.10. The lowest BCUT2D eigenvalue weighted by atomic mass is 10.1. The SMILES string of the molecule is Cc1nn(C[C@@H](O)c2ccc(F)cc2)c(C)c1S(=O)(=O)N1CCc2ccccc21. The molecule has 0 unspecified atom stereocenters. The van der Waals surface area contributed by atoms with E-state index in [9.17, 15) is 17.9 Å². The molecule has 1 N–H and O–H groups in total. The van der Waals surface area contributed by atoms with Crippen LogP contribution >= 0.6 is 0 Å². The summed E-state index contributed by atoms with van der Waals surface area (Å²) in [6.07, 6.45) is -0.262. The smallest absolute Gasteiger partial charge is 0.268 e. The van der Waals surface area contributed by atoms with Gasteiger partial charge in [0.2, 0.25) is 0 Å². The van der Waals surface area contributed by atoms with Crippen LogP contribution in [0.25, 0.3) is 0 Å². The molecule has 0 spiro atoms. The number of para-hydroxylation sites is 1. The second kappa shape index (κ2) is 7.27. The summed E-state index contributed by atoms with van der Waals surface area (Å²) >= 11 is 0. The zero-order chi connectivity index (χ0) is 20.8. The number of hydrogen-bond acceptors (Lipinski definition) is 4. The van der Waals surface area contributed by atoms with E-state index in [2.05, 4.69) is 5.10 Å². The van der Waals surface area contributed by atoms with Crippen LogP contribution in [0.2, 0.25) is 0 Å². The van der Waals surface area contributed by atoms with E-state index in [4.69, 9.17) is 0 Å². The van der Waals surface area contributed by atoms with E-state index >= 15 is 0 Å². The molecule has 0 saturated heterocycles. The molecule has 1 atom stereocenters. The normalized spacial score (nSPS) is 14.8. The summed E-state index contributed by atoms with van der Waals surface area (Å²) < 4.78 is 42.9. The first-order valence-corrected chi connectivity index (χ1v) is 10.8. The Hall–Kier alpha value is -2.71. The summed E-state index contributed by atoms with van der Waals surface area (Å²) in [6.45, 7) is 3.81. The van der Waals surface area contributed by atoms with Gasteiger partial charge in [0.05, 0.1) is 29.7 Å². The fraction of sp³-hybridized carbons (Fsp3) is 0.286. The lowest BCUT2D eigenvalue weighted by Gasteiger charge is -2.20. The van der Waals surface area contributed by atoms with E-state index in [1.54, 1.807) is 13.8 Å². The fourth-order valence-corrected chi connectivity index (χ4v) is 5.74. The van der Waals surface area contributed by atoms with E-state index in [0.29, 0.717) is 35.6 Å². The van der Waals surface area contributed by atoms with E-state index in [1.165, 1.54) is 33.3 Å². The Kier molecular flexibility index (Phi) is 4.92. The molecule has 1 aliphatic rings. The van der Waals surface area contributed by atoms with Gasteiger partial charge in [0.25, 0.3) is 10.0 Å². The molecule has 0 radical (unpaired) electrons. The quantitative estimate of drug-likeness (QED) is 0.695. The molecule has 2 aromatic carbocycles. The number of aliphatic hydroxyl groups excluding tert-OH is 1. The topological polar surface area (TPSA) is 75.4 Å². The Bertz CT molecular complexity index is 1160. The molecular formula is C21H22FN3O3S. The third-order valence-electron chi connectivity index (χ3n) is 5.31. The van der Waals surface area contributed by atoms with Crippen molar-refractivity contribution in [3.8, 4) is 0 Å². The Balaban J connectivity index is 1.66. The molecule has 8 heteroatoms. The third kappa shape index (κ3) is 3.42. The average molecular weight is 415 g/mol. The largest absolute Gasteiger partial charge is 0.386 e. The minimum Gasteiger partial charge on any atom is -0.386 e. The van der Waals surface area contributed by atoms with E-state index in [-0.39, 0.29) is 17.3 Å². The van der Waals surface area contributed by atoms with Crippen molar-refractivity contribution in [2.75, 3.05) is 10.8 Å². The van der Waals surface area contributed by atoms with Gasteiger partial charge in [-0.2, -0.15) is 5.10 Å². The van der Waals surface area contributed by atoms with Gasteiger partial charge in [-0.3, -0.25) is 8.99 Å². The summed E-state index contributed by atoms with van der Waals surface area (Å²) in [5, 5.41) is 14.9. The van der Waals surface area contributed by atoms with E-state index in [1.807, 2.05) is 24.3 Å². The van der Waals surface area contributed by atoms with Crippen molar-refractivity contribution < 1.29 is 17.9 Å². The van der Waals surface area contributed by atoms with Crippen molar-refractivity contribution in [3.05, 3.63) is 76.9 Å². The molecule has 6 nitrogen and oxygen atoms in total. The number of benzene rings is 2. The first-order valence-electron chi connectivity index (χ1n) is 9.37. The van der Waals surface area contributed by atoms with Crippen LogP contribution < -0.4 is 4.31 Å². The maximum absolute atomic E-state index is 13.4. The van der Waals surface area contributed by atoms with Crippen LogP contribution in [0.1, 0.15) is 28.6 Å². The summed E-state index contributed by atoms with van der Waals surface area (Å²) in [4.78, 5) is 0.167. The van der Waals surface area contributed by atoms with Gasteiger partial charge in [0.15, 0.2) is 0 Å². The maximum atomic E-state index is 13.4. The lowest BCUT2D eigenvalue weighted by Crippen LogP contribution is -2.30. The van der Waals surface area contributed by atoms with Gasteiger partial charge in [-0.1, -0.05) is 30.3 Å². The molecule has 4 rings (SSSR count). The Labute approximate surface area is 169 Å². The van der Waals surface area contributed by atoms with Crippen LogP contribution in [0.5, 0.6) is 0 Å². The van der Waals surface area contributed by atoms with Gasteiger partial charge in [-0.05, 0) is 49.6 Å².